The van der Waals surface area contributed by atoms with Gasteiger partial charge in [0, 0.05) is 11.9 Å². The SMILES string of the molecule is CC(Nc1ncc2c(n1)CCCC2)C(=O)O. The Bertz CT molecular complexity index is 406. The molecule has 0 aromatic carbocycles. The number of carbonyl (C=O) groups is 1. The van der Waals surface area contributed by atoms with E-state index in [0.29, 0.717) is 5.95 Å². The van der Waals surface area contributed by atoms with Crippen molar-refractivity contribution >= 4 is 11.9 Å². The molecular weight excluding hydrogens is 206 g/mol. The van der Waals surface area contributed by atoms with E-state index in [2.05, 4.69) is 15.3 Å². The molecule has 1 atom stereocenters. The van der Waals surface area contributed by atoms with Gasteiger partial charge in [-0.1, -0.05) is 0 Å². The van der Waals surface area contributed by atoms with Gasteiger partial charge in [0.05, 0.1) is 0 Å². The normalized spacial score (nSPS) is 16.3. The minimum atomic E-state index is -0.902. The van der Waals surface area contributed by atoms with Gasteiger partial charge >= 0.3 is 5.97 Å². The molecule has 1 aromatic heterocycles. The average Bonchev–Trinajstić information content (AvgIpc) is 2.28. The Morgan fingerprint density at radius 2 is 2.25 bits per heavy atom. The molecule has 16 heavy (non-hydrogen) atoms. The predicted molar refractivity (Wildman–Crippen MR) is 59.4 cm³/mol. The van der Waals surface area contributed by atoms with Crippen LogP contribution in [-0.4, -0.2) is 27.1 Å². The van der Waals surface area contributed by atoms with Crippen molar-refractivity contribution in [3.05, 3.63) is 17.5 Å². The first-order valence-electron chi connectivity index (χ1n) is 5.51. The average molecular weight is 221 g/mol. The molecule has 1 unspecified atom stereocenters. The lowest BCUT2D eigenvalue weighted by molar-refractivity contribution is -0.137. The van der Waals surface area contributed by atoms with Crippen molar-refractivity contribution in [2.75, 3.05) is 5.32 Å². The van der Waals surface area contributed by atoms with Crippen LogP contribution in [0.2, 0.25) is 0 Å². The minimum Gasteiger partial charge on any atom is -0.480 e. The van der Waals surface area contributed by atoms with Gasteiger partial charge in [-0.25, -0.2) is 9.97 Å². The van der Waals surface area contributed by atoms with Gasteiger partial charge in [-0.05, 0) is 38.2 Å². The van der Waals surface area contributed by atoms with Crippen LogP contribution in [0.25, 0.3) is 0 Å². The number of fused-ring (bicyclic) bond motifs is 1. The summed E-state index contributed by atoms with van der Waals surface area (Å²) < 4.78 is 0. The lowest BCUT2D eigenvalue weighted by atomic mass is 9.98. The van der Waals surface area contributed by atoms with Crippen LogP contribution in [0.3, 0.4) is 0 Å². The smallest absolute Gasteiger partial charge is 0.325 e. The first-order chi connectivity index (χ1) is 7.66. The first kappa shape index (κ1) is 10.9. The number of aryl methyl sites for hydroxylation is 2. The van der Waals surface area contributed by atoms with E-state index in [1.807, 2.05) is 0 Å². The summed E-state index contributed by atoms with van der Waals surface area (Å²) in [6.45, 7) is 1.57. The van der Waals surface area contributed by atoms with Crippen LogP contribution in [0.1, 0.15) is 31.0 Å². The zero-order chi connectivity index (χ0) is 11.5. The van der Waals surface area contributed by atoms with Crippen LogP contribution in [0.15, 0.2) is 6.20 Å². The summed E-state index contributed by atoms with van der Waals surface area (Å²) in [7, 11) is 0. The van der Waals surface area contributed by atoms with Crippen LogP contribution >= 0.6 is 0 Å². The van der Waals surface area contributed by atoms with Crippen molar-refractivity contribution < 1.29 is 9.90 Å². The standard InChI is InChI=1S/C11H15N3O2/c1-7(10(15)16)13-11-12-6-8-4-2-3-5-9(8)14-11/h6-7H,2-5H2,1H3,(H,15,16)(H,12,13,14). The fraction of sp³-hybridized carbons (Fsp3) is 0.545. The minimum absolute atomic E-state index is 0.413. The third-order valence-corrected chi connectivity index (χ3v) is 2.78. The van der Waals surface area contributed by atoms with E-state index in [1.165, 1.54) is 12.0 Å². The summed E-state index contributed by atoms with van der Waals surface area (Å²) in [6.07, 6.45) is 6.14. The highest BCUT2D eigenvalue weighted by Crippen LogP contribution is 2.19. The lowest BCUT2D eigenvalue weighted by Gasteiger charge is -2.16. The number of nitrogens with zero attached hydrogens (tertiary/aromatic N) is 2. The van der Waals surface area contributed by atoms with Crippen LogP contribution in [0.5, 0.6) is 0 Å². The van der Waals surface area contributed by atoms with Crippen LogP contribution in [-0.2, 0) is 17.6 Å². The molecule has 0 bridgehead atoms. The molecule has 0 amide bonds. The fourth-order valence-corrected chi connectivity index (χ4v) is 1.80. The highest BCUT2D eigenvalue weighted by molar-refractivity contribution is 5.75. The Morgan fingerprint density at radius 1 is 1.50 bits per heavy atom. The molecule has 0 radical (unpaired) electrons. The van der Waals surface area contributed by atoms with Crippen molar-refractivity contribution in [3.8, 4) is 0 Å². The molecule has 0 saturated heterocycles. The van der Waals surface area contributed by atoms with E-state index in [9.17, 15) is 4.79 Å². The van der Waals surface area contributed by atoms with E-state index in [0.717, 1.165) is 25.0 Å². The van der Waals surface area contributed by atoms with E-state index in [-0.39, 0.29) is 0 Å². The van der Waals surface area contributed by atoms with Crippen LogP contribution < -0.4 is 5.32 Å². The second-order valence-corrected chi connectivity index (χ2v) is 4.08. The summed E-state index contributed by atoms with van der Waals surface area (Å²) in [5.74, 6) is -0.489. The molecular formula is C11H15N3O2. The quantitative estimate of drug-likeness (QED) is 0.803. The molecule has 1 aromatic rings. The Labute approximate surface area is 93.9 Å². The van der Waals surface area contributed by atoms with Crippen molar-refractivity contribution in [1.29, 1.82) is 0 Å². The van der Waals surface area contributed by atoms with Crippen LogP contribution in [0, 0.1) is 0 Å². The number of hydrogen-bond acceptors (Lipinski definition) is 4. The highest BCUT2D eigenvalue weighted by atomic mass is 16.4. The number of hydrogen-bond donors (Lipinski definition) is 2. The predicted octanol–water partition coefficient (Wildman–Crippen LogP) is 1.24. The first-order valence-corrected chi connectivity index (χ1v) is 5.51. The Morgan fingerprint density at radius 3 is 3.00 bits per heavy atom. The summed E-state index contributed by atoms with van der Waals surface area (Å²) >= 11 is 0. The maximum Gasteiger partial charge on any atom is 0.325 e. The van der Waals surface area contributed by atoms with Gasteiger partial charge in [-0.3, -0.25) is 4.79 Å². The monoisotopic (exact) mass is 221 g/mol. The largest absolute Gasteiger partial charge is 0.480 e. The van der Waals surface area contributed by atoms with Gasteiger partial charge in [0.2, 0.25) is 5.95 Å². The Hall–Kier alpha value is -1.65. The molecule has 1 aliphatic carbocycles. The topological polar surface area (TPSA) is 75.1 Å². The third kappa shape index (κ3) is 2.29. The summed E-state index contributed by atoms with van der Waals surface area (Å²) in [6, 6.07) is -0.665. The van der Waals surface area contributed by atoms with Gasteiger partial charge in [0.1, 0.15) is 6.04 Å². The van der Waals surface area contributed by atoms with E-state index < -0.39 is 12.0 Å². The molecule has 0 aliphatic heterocycles. The van der Waals surface area contributed by atoms with Gasteiger partial charge in [0.15, 0.2) is 0 Å². The molecule has 0 saturated carbocycles. The Kier molecular flexibility index (Phi) is 3.03. The van der Waals surface area contributed by atoms with E-state index in [1.54, 1.807) is 13.1 Å². The molecule has 0 spiro atoms. The molecule has 2 rings (SSSR count). The molecule has 0 fully saturated rings. The molecule has 1 aliphatic rings. The fourth-order valence-electron chi connectivity index (χ4n) is 1.80. The molecule has 1 heterocycles. The number of carboxylic acids is 1. The maximum absolute atomic E-state index is 10.7. The van der Waals surface area contributed by atoms with Crippen molar-refractivity contribution in [3.63, 3.8) is 0 Å². The van der Waals surface area contributed by atoms with Gasteiger partial charge in [0.25, 0.3) is 0 Å². The summed E-state index contributed by atoms with van der Waals surface area (Å²) in [4.78, 5) is 19.2. The lowest BCUT2D eigenvalue weighted by Crippen LogP contribution is -2.26. The van der Waals surface area contributed by atoms with E-state index in [4.69, 9.17) is 5.11 Å². The van der Waals surface area contributed by atoms with Crippen molar-refractivity contribution in [2.24, 2.45) is 0 Å². The second-order valence-electron chi connectivity index (χ2n) is 4.08. The summed E-state index contributed by atoms with van der Waals surface area (Å²) in [5, 5.41) is 11.5. The zero-order valence-electron chi connectivity index (χ0n) is 9.23. The Balaban J connectivity index is 2.14. The summed E-state index contributed by atoms with van der Waals surface area (Å²) in [5.41, 5.74) is 2.25. The zero-order valence-corrected chi connectivity index (χ0v) is 9.23. The second kappa shape index (κ2) is 4.47. The molecule has 86 valence electrons. The van der Waals surface area contributed by atoms with Gasteiger partial charge in [-0.2, -0.15) is 0 Å². The van der Waals surface area contributed by atoms with Gasteiger partial charge in [-0.15, -0.1) is 0 Å². The van der Waals surface area contributed by atoms with Crippen LogP contribution in [0.4, 0.5) is 5.95 Å². The number of rotatable bonds is 3. The number of aromatic nitrogens is 2. The number of carboxylic acid groups (broad SMARTS) is 1. The third-order valence-electron chi connectivity index (χ3n) is 2.78. The molecule has 5 nitrogen and oxygen atoms in total. The van der Waals surface area contributed by atoms with Crippen molar-refractivity contribution in [1.82, 2.24) is 9.97 Å². The van der Waals surface area contributed by atoms with E-state index >= 15 is 0 Å². The van der Waals surface area contributed by atoms with Gasteiger partial charge < -0.3 is 10.4 Å². The number of anilines is 1. The van der Waals surface area contributed by atoms with Crippen molar-refractivity contribution in [2.45, 2.75) is 38.6 Å². The highest BCUT2D eigenvalue weighted by Gasteiger charge is 2.15. The molecule has 5 heteroatoms. The number of aliphatic carboxylic acids is 1. The molecule has 2 N–H and O–H groups in total. The maximum atomic E-state index is 10.7. The number of nitrogens with one attached hydrogen (secondary N) is 1.